The average molecular weight is 377 g/mol. The first-order chi connectivity index (χ1) is 13.7. The van der Waals surface area contributed by atoms with Gasteiger partial charge in [-0.05, 0) is 79.3 Å². The Morgan fingerprint density at radius 1 is 0.893 bits per heavy atom. The van der Waals surface area contributed by atoms with Crippen molar-refractivity contribution in [1.29, 1.82) is 0 Å². The molecule has 0 unspecified atom stereocenters. The van der Waals surface area contributed by atoms with Gasteiger partial charge >= 0.3 is 0 Å². The Morgan fingerprint density at radius 3 is 2.25 bits per heavy atom. The summed E-state index contributed by atoms with van der Waals surface area (Å²) < 4.78 is 14.4. The first kappa shape index (κ1) is 20.7. The molecule has 0 heterocycles. The molecule has 1 aliphatic carbocycles. The van der Waals surface area contributed by atoms with Crippen molar-refractivity contribution in [2.75, 3.05) is 0 Å². The Hall–Kier alpha value is -2.07. The number of hydrogen-bond acceptors (Lipinski definition) is 0. The van der Waals surface area contributed by atoms with Crippen LogP contribution in [0.15, 0.2) is 42.5 Å². The summed E-state index contributed by atoms with van der Waals surface area (Å²) >= 11 is 0. The molecule has 0 radical (unpaired) electrons. The highest BCUT2D eigenvalue weighted by Gasteiger charge is 2.18. The molecule has 1 heteroatoms. The van der Waals surface area contributed by atoms with Gasteiger partial charge in [0.25, 0.3) is 0 Å². The normalized spacial score (nSPS) is 19.1. The topological polar surface area (TPSA) is 0 Å². The smallest absolute Gasteiger partial charge is 0.127 e. The van der Waals surface area contributed by atoms with Gasteiger partial charge in [0.15, 0.2) is 0 Å². The zero-order chi connectivity index (χ0) is 19.8. The monoisotopic (exact) mass is 376 g/mol. The summed E-state index contributed by atoms with van der Waals surface area (Å²) in [6.45, 7) is 4.47. The lowest BCUT2D eigenvalue weighted by Crippen LogP contribution is -2.12. The van der Waals surface area contributed by atoms with Crippen LogP contribution in [0.3, 0.4) is 0 Å². The van der Waals surface area contributed by atoms with Crippen LogP contribution in [0.5, 0.6) is 0 Å². The molecule has 3 rings (SSSR count). The van der Waals surface area contributed by atoms with Crippen LogP contribution >= 0.6 is 0 Å². The van der Waals surface area contributed by atoms with E-state index >= 15 is 0 Å². The first-order valence-electron chi connectivity index (χ1n) is 11.1. The molecule has 1 saturated carbocycles. The van der Waals surface area contributed by atoms with Gasteiger partial charge in [-0.15, -0.1) is 0 Å². The molecule has 0 saturated heterocycles. The fourth-order valence-corrected chi connectivity index (χ4v) is 4.14. The molecule has 0 atom stereocenters. The Balaban J connectivity index is 1.62. The quantitative estimate of drug-likeness (QED) is 0.356. The van der Waals surface area contributed by atoms with Crippen molar-refractivity contribution in [2.45, 2.75) is 71.6 Å². The minimum atomic E-state index is -0.0832. The van der Waals surface area contributed by atoms with Gasteiger partial charge in [0, 0.05) is 11.5 Å². The summed E-state index contributed by atoms with van der Waals surface area (Å²) in [4.78, 5) is 0. The van der Waals surface area contributed by atoms with Crippen LogP contribution in [0, 0.1) is 29.5 Å². The molecule has 1 aliphatic rings. The summed E-state index contributed by atoms with van der Waals surface area (Å²) in [5.74, 6) is 8.21. The van der Waals surface area contributed by atoms with E-state index in [2.05, 4.69) is 50.0 Å². The highest BCUT2D eigenvalue weighted by atomic mass is 19.1. The van der Waals surface area contributed by atoms with Crippen LogP contribution in [-0.4, -0.2) is 0 Å². The number of rotatable bonds is 6. The van der Waals surface area contributed by atoms with Crippen molar-refractivity contribution in [3.8, 4) is 23.0 Å². The molecule has 28 heavy (non-hydrogen) atoms. The number of unbranched alkanes of at least 4 members (excludes halogenated alkanes) is 2. The zero-order valence-corrected chi connectivity index (χ0v) is 17.4. The molecule has 0 aromatic heterocycles. The maximum absolute atomic E-state index is 14.4. The highest BCUT2D eigenvalue weighted by molar-refractivity contribution is 5.65. The van der Waals surface area contributed by atoms with Crippen molar-refractivity contribution in [2.24, 2.45) is 11.8 Å². The average Bonchev–Trinajstić information content (AvgIpc) is 2.74. The molecule has 0 spiro atoms. The lowest BCUT2D eigenvalue weighted by molar-refractivity contribution is 0.309. The van der Waals surface area contributed by atoms with Crippen molar-refractivity contribution in [1.82, 2.24) is 0 Å². The van der Waals surface area contributed by atoms with Gasteiger partial charge in [-0.2, -0.15) is 0 Å². The van der Waals surface area contributed by atoms with Crippen LogP contribution < -0.4 is 0 Å². The molecular formula is C27H33F. The van der Waals surface area contributed by atoms with E-state index in [1.165, 1.54) is 32.1 Å². The maximum atomic E-state index is 14.4. The number of aryl methyl sites for hydroxylation is 1. The van der Waals surface area contributed by atoms with Gasteiger partial charge < -0.3 is 0 Å². The van der Waals surface area contributed by atoms with Gasteiger partial charge in [0.05, 0.1) is 0 Å². The van der Waals surface area contributed by atoms with Crippen molar-refractivity contribution in [3.63, 3.8) is 0 Å². The Bertz CT molecular complexity index is 798. The largest absolute Gasteiger partial charge is 0.207 e. The molecule has 0 amide bonds. The van der Waals surface area contributed by atoms with Gasteiger partial charge in [0.2, 0.25) is 0 Å². The Kier molecular flexibility index (Phi) is 7.72. The molecule has 2 aromatic carbocycles. The van der Waals surface area contributed by atoms with Gasteiger partial charge in [0.1, 0.15) is 5.82 Å². The van der Waals surface area contributed by atoms with Gasteiger partial charge in [-0.25, -0.2) is 4.39 Å². The summed E-state index contributed by atoms with van der Waals surface area (Å²) in [6, 6.07) is 13.9. The molecular weight excluding hydrogens is 343 g/mol. The third-order valence-corrected chi connectivity index (χ3v) is 6.17. The molecule has 0 bridgehead atoms. The Labute approximate surface area is 170 Å². The Morgan fingerprint density at radius 2 is 1.61 bits per heavy atom. The van der Waals surface area contributed by atoms with Crippen LogP contribution in [0.4, 0.5) is 4.39 Å². The number of benzene rings is 2. The second kappa shape index (κ2) is 10.5. The summed E-state index contributed by atoms with van der Waals surface area (Å²) in [6.07, 6.45) is 10.7. The van der Waals surface area contributed by atoms with E-state index in [9.17, 15) is 4.39 Å². The van der Waals surface area contributed by atoms with Gasteiger partial charge in [-0.3, -0.25) is 0 Å². The lowest BCUT2D eigenvalue weighted by Gasteiger charge is -2.24. The van der Waals surface area contributed by atoms with E-state index in [1.807, 2.05) is 12.1 Å². The standard InChI is InChI=1S/C27H33F/c1-3-5-6-7-25-18-19-26(20-27(25)28)24-16-14-23(15-17-24)13-12-22-10-8-21(4-2)9-11-22/h14-22H,3-11H2,1-2H3/t21-,22-. The SMILES string of the molecule is CCCCCc1ccc(-c2ccc(C#C[C@H]3CC[C@H](CC)CC3)cc2)cc1F. The lowest BCUT2D eigenvalue weighted by atomic mass is 9.81. The molecule has 0 N–H and O–H groups in total. The number of hydrogen-bond donors (Lipinski definition) is 0. The van der Waals surface area contributed by atoms with Crippen LogP contribution in [0.1, 0.15) is 76.3 Å². The fraction of sp³-hybridized carbons (Fsp3) is 0.481. The third kappa shape index (κ3) is 5.71. The van der Waals surface area contributed by atoms with E-state index in [4.69, 9.17) is 0 Å². The predicted octanol–water partition coefficient (Wildman–Crippen LogP) is 7.79. The zero-order valence-electron chi connectivity index (χ0n) is 17.4. The van der Waals surface area contributed by atoms with Crippen molar-refractivity contribution >= 4 is 0 Å². The molecule has 0 nitrogen and oxygen atoms in total. The van der Waals surface area contributed by atoms with E-state index in [0.29, 0.717) is 5.92 Å². The molecule has 0 aliphatic heterocycles. The van der Waals surface area contributed by atoms with E-state index in [-0.39, 0.29) is 5.82 Å². The van der Waals surface area contributed by atoms with Crippen LogP contribution in [-0.2, 0) is 6.42 Å². The van der Waals surface area contributed by atoms with E-state index < -0.39 is 0 Å². The molecule has 148 valence electrons. The second-order valence-corrected chi connectivity index (χ2v) is 8.24. The minimum Gasteiger partial charge on any atom is -0.207 e. The second-order valence-electron chi connectivity index (χ2n) is 8.24. The number of halogens is 1. The fourth-order valence-electron chi connectivity index (χ4n) is 4.14. The first-order valence-corrected chi connectivity index (χ1v) is 11.1. The summed E-state index contributed by atoms with van der Waals surface area (Å²) in [5, 5.41) is 0. The van der Waals surface area contributed by atoms with Crippen molar-refractivity contribution < 1.29 is 4.39 Å². The van der Waals surface area contributed by atoms with Gasteiger partial charge in [-0.1, -0.05) is 69.2 Å². The third-order valence-electron chi connectivity index (χ3n) is 6.17. The highest BCUT2D eigenvalue weighted by Crippen LogP contribution is 2.30. The predicted molar refractivity (Wildman–Crippen MR) is 118 cm³/mol. The van der Waals surface area contributed by atoms with Crippen LogP contribution in [0.25, 0.3) is 11.1 Å². The molecule has 1 fully saturated rings. The van der Waals surface area contributed by atoms with E-state index in [1.54, 1.807) is 6.07 Å². The summed E-state index contributed by atoms with van der Waals surface area (Å²) in [5.41, 5.74) is 3.87. The van der Waals surface area contributed by atoms with Crippen LogP contribution in [0.2, 0.25) is 0 Å². The van der Waals surface area contributed by atoms with Crippen molar-refractivity contribution in [3.05, 3.63) is 59.4 Å². The summed E-state index contributed by atoms with van der Waals surface area (Å²) in [7, 11) is 0. The maximum Gasteiger partial charge on any atom is 0.127 e. The van der Waals surface area contributed by atoms with E-state index in [0.717, 1.165) is 53.9 Å². The minimum absolute atomic E-state index is 0.0832. The molecule has 2 aromatic rings.